The Morgan fingerprint density at radius 1 is 0.967 bits per heavy atom. The van der Waals surface area contributed by atoms with E-state index in [4.69, 9.17) is 0 Å². The zero-order chi connectivity index (χ0) is 21.0. The lowest BCUT2D eigenvalue weighted by Crippen LogP contribution is -2.47. The number of halogens is 1. The number of anilines is 2. The number of nitrogens with zero attached hydrogens (tertiary/aromatic N) is 2. The molecule has 150 valence electrons. The highest BCUT2D eigenvalue weighted by molar-refractivity contribution is 9.10. The van der Waals surface area contributed by atoms with Crippen LogP contribution in [-0.4, -0.2) is 24.0 Å². The van der Waals surface area contributed by atoms with Crippen LogP contribution in [0.3, 0.4) is 0 Å². The Bertz CT molecular complexity index is 1180. The third-order valence-electron chi connectivity index (χ3n) is 6.02. The average molecular weight is 463 g/mol. The van der Waals surface area contributed by atoms with E-state index in [2.05, 4.69) is 15.9 Å². The Labute approximate surface area is 182 Å². The predicted octanol–water partition coefficient (Wildman–Crippen LogP) is 3.94. The molecule has 5 rings (SSSR count). The molecule has 0 aliphatic carbocycles. The fourth-order valence-corrected chi connectivity index (χ4v) is 4.95. The molecule has 1 N–H and O–H groups in total. The highest BCUT2D eigenvalue weighted by atomic mass is 79.9. The number of amides is 2. The molecule has 2 amide bonds. The lowest BCUT2D eigenvalue weighted by molar-refractivity contribution is -0.144. The van der Waals surface area contributed by atoms with Crippen LogP contribution in [0.25, 0.3) is 0 Å². The zero-order valence-electron chi connectivity index (χ0n) is 16.2. The molecule has 6 heteroatoms. The van der Waals surface area contributed by atoms with Crippen molar-refractivity contribution >= 4 is 39.1 Å². The van der Waals surface area contributed by atoms with Crippen LogP contribution in [-0.2, 0) is 21.7 Å². The van der Waals surface area contributed by atoms with Gasteiger partial charge in [0, 0.05) is 22.8 Å². The van der Waals surface area contributed by atoms with Crippen molar-refractivity contribution in [3.63, 3.8) is 0 Å². The zero-order valence-corrected chi connectivity index (χ0v) is 17.8. The molecule has 3 aromatic carbocycles. The van der Waals surface area contributed by atoms with E-state index in [0.29, 0.717) is 29.0 Å². The van der Waals surface area contributed by atoms with Gasteiger partial charge < -0.3 is 14.9 Å². The number of para-hydroxylation sites is 1. The number of rotatable bonds is 3. The second-order valence-corrected chi connectivity index (χ2v) is 8.61. The molecule has 3 aromatic rings. The minimum absolute atomic E-state index is 0.296. The van der Waals surface area contributed by atoms with E-state index in [0.717, 1.165) is 10.0 Å². The number of benzene rings is 3. The summed E-state index contributed by atoms with van der Waals surface area (Å²) in [5, 5.41) is 11.9. The van der Waals surface area contributed by atoms with Crippen LogP contribution in [0.2, 0.25) is 0 Å². The third-order valence-corrected chi connectivity index (χ3v) is 6.51. The van der Waals surface area contributed by atoms with Crippen LogP contribution in [0.15, 0.2) is 77.3 Å². The number of likely N-dealkylation sites (N-methyl/N-ethyl adjacent to an activating group) is 1. The number of hydrogen-bond donors (Lipinski definition) is 1. The summed E-state index contributed by atoms with van der Waals surface area (Å²) in [5.74, 6) is -1.79. The molecule has 0 saturated carbocycles. The van der Waals surface area contributed by atoms with E-state index in [9.17, 15) is 14.7 Å². The van der Waals surface area contributed by atoms with Crippen molar-refractivity contribution in [2.24, 2.45) is 0 Å². The first-order chi connectivity index (χ1) is 14.4. The molecule has 30 heavy (non-hydrogen) atoms. The number of carbonyl (C=O) groups excluding carboxylic acids is 2. The SMILES string of the molecule is CN1C(=O)[C@@H]([C@@]2(O)C(=O)N(Cc3ccccc3)c3ccccc32)c2cc(Br)ccc21. The smallest absolute Gasteiger partial charge is 0.265 e. The van der Waals surface area contributed by atoms with Gasteiger partial charge in [0.05, 0.1) is 12.2 Å². The second kappa shape index (κ2) is 6.79. The molecule has 2 aliphatic rings. The maximum absolute atomic E-state index is 13.7. The van der Waals surface area contributed by atoms with Crippen LogP contribution in [0.5, 0.6) is 0 Å². The molecule has 0 saturated heterocycles. The van der Waals surface area contributed by atoms with E-state index in [-0.39, 0.29) is 5.91 Å². The summed E-state index contributed by atoms with van der Waals surface area (Å²) in [6.45, 7) is 0.321. The van der Waals surface area contributed by atoms with E-state index in [1.165, 1.54) is 4.90 Å². The van der Waals surface area contributed by atoms with Crippen LogP contribution in [0, 0.1) is 0 Å². The molecule has 0 aromatic heterocycles. The summed E-state index contributed by atoms with van der Waals surface area (Å²) < 4.78 is 0.790. The monoisotopic (exact) mass is 462 g/mol. The largest absolute Gasteiger partial charge is 0.374 e. The minimum Gasteiger partial charge on any atom is -0.374 e. The quantitative estimate of drug-likeness (QED) is 0.640. The van der Waals surface area contributed by atoms with Crippen LogP contribution in [0.1, 0.15) is 22.6 Å². The number of fused-ring (bicyclic) bond motifs is 2. The van der Waals surface area contributed by atoms with Gasteiger partial charge in [-0.3, -0.25) is 9.59 Å². The molecule has 2 aliphatic heterocycles. The van der Waals surface area contributed by atoms with Crippen molar-refractivity contribution in [3.8, 4) is 0 Å². The summed E-state index contributed by atoms with van der Waals surface area (Å²) in [5.41, 5.74) is 1.42. The maximum Gasteiger partial charge on any atom is 0.265 e. The second-order valence-electron chi connectivity index (χ2n) is 7.69. The Kier molecular flexibility index (Phi) is 4.31. The number of hydrogen-bond acceptors (Lipinski definition) is 3. The van der Waals surface area contributed by atoms with Crippen molar-refractivity contribution in [1.82, 2.24) is 0 Å². The predicted molar refractivity (Wildman–Crippen MR) is 118 cm³/mol. The lowest BCUT2D eigenvalue weighted by atomic mass is 9.78. The first kappa shape index (κ1) is 19.0. The Hall–Kier alpha value is -2.96. The van der Waals surface area contributed by atoms with E-state index in [1.54, 1.807) is 24.1 Å². The topological polar surface area (TPSA) is 60.9 Å². The van der Waals surface area contributed by atoms with Crippen LogP contribution >= 0.6 is 15.9 Å². The average Bonchev–Trinajstić information content (AvgIpc) is 3.12. The van der Waals surface area contributed by atoms with Gasteiger partial charge in [-0.2, -0.15) is 0 Å². The highest BCUT2D eigenvalue weighted by Gasteiger charge is 2.60. The molecule has 0 fully saturated rings. The first-order valence-corrected chi connectivity index (χ1v) is 10.5. The van der Waals surface area contributed by atoms with E-state index < -0.39 is 17.4 Å². The molecule has 2 heterocycles. The summed E-state index contributed by atoms with van der Waals surface area (Å²) in [7, 11) is 1.67. The van der Waals surface area contributed by atoms with E-state index in [1.807, 2.05) is 60.7 Å². The Morgan fingerprint density at radius 3 is 2.43 bits per heavy atom. The Morgan fingerprint density at radius 2 is 1.67 bits per heavy atom. The fraction of sp³-hybridized carbons (Fsp3) is 0.167. The molecular weight excluding hydrogens is 444 g/mol. The summed E-state index contributed by atoms with van der Waals surface area (Å²) >= 11 is 3.45. The van der Waals surface area contributed by atoms with Gasteiger partial charge in [0.1, 0.15) is 5.92 Å². The first-order valence-electron chi connectivity index (χ1n) is 9.67. The summed E-state index contributed by atoms with van der Waals surface area (Å²) in [4.78, 5) is 30.1. The van der Waals surface area contributed by atoms with Crippen molar-refractivity contribution in [2.75, 3.05) is 16.8 Å². The number of carbonyl (C=O) groups is 2. The van der Waals surface area contributed by atoms with Gasteiger partial charge in [-0.15, -0.1) is 0 Å². The van der Waals surface area contributed by atoms with Crippen molar-refractivity contribution in [2.45, 2.75) is 18.1 Å². The minimum atomic E-state index is -1.97. The summed E-state index contributed by atoms with van der Waals surface area (Å²) in [6.07, 6.45) is 0. The van der Waals surface area contributed by atoms with Gasteiger partial charge in [0.15, 0.2) is 5.60 Å². The highest BCUT2D eigenvalue weighted by Crippen LogP contribution is 2.53. The molecule has 0 radical (unpaired) electrons. The molecular formula is C24H19BrN2O3. The molecule has 0 unspecified atom stereocenters. The molecule has 0 spiro atoms. The van der Waals surface area contributed by atoms with Gasteiger partial charge in [-0.05, 0) is 35.4 Å². The normalized spacial score (nSPS) is 22.4. The third kappa shape index (κ3) is 2.57. The lowest BCUT2D eigenvalue weighted by Gasteiger charge is -2.28. The van der Waals surface area contributed by atoms with E-state index >= 15 is 0 Å². The van der Waals surface area contributed by atoms with Gasteiger partial charge in [-0.25, -0.2) is 0 Å². The molecule has 2 atom stereocenters. The maximum atomic E-state index is 13.7. The summed E-state index contributed by atoms with van der Waals surface area (Å²) in [6, 6.07) is 22.3. The Balaban J connectivity index is 1.67. The molecule has 0 bridgehead atoms. The standard InChI is InChI=1S/C24H19BrN2O3/c1-26-19-12-11-16(25)13-17(19)21(22(26)28)24(30)18-9-5-6-10-20(18)27(23(24)29)14-15-7-3-2-4-8-15/h2-13,21,30H,14H2,1H3/t21-,24+/m0/s1. The fourth-order valence-electron chi connectivity index (χ4n) is 4.57. The van der Waals surface area contributed by atoms with Crippen LogP contribution in [0.4, 0.5) is 11.4 Å². The van der Waals surface area contributed by atoms with Crippen molar-refractivity contribution in [1.29, 1.82) is 0 Å². The van der Waals surface area contributed by atoms with Gasteiger partial charge >= 0.3 is 0 Å². The van der Waals surface area contributed by atoms with Gasteiger partial charge in [0.25, 0.3) is 5.91 Å². The van der Waals surface area contributed by atoms with Gasteiger partial charge in [-0.1, -0.05) is 64.5 Å². The van der Waals surface area contributed by atoms with Crippen molar-refractivity contribution in [3.05, 3.63) is 94.0 Å². The molecule has 5 nitrogen and oxygen atoms in total. The van der Waals surface area contributed by atoms with Crippen LogP contribution < -0.4 is 9.80 Å². The number of aliphatic hydroxyl groups is 1. The van der Waals surface area contributed by atoms with Gasteiger partial charge in [0.2, 0.25) is 5.91 Å². The van der Waals surface area contributed by atoms with Crippen molar-refractivity contribution < 1.29 is 14.7 Å².